The highest BCUT2D eigenvalue weighted by molar-refractivity contribution is 7.07. The van der Waals surface area contributed by atoms with Crippen molar-refractivity contribution in [2.24, 2.45) is 22.7 Å². The van der Waals surface area contributed by atoms with E-state index in [0.29, 0.717) is 19.6 Å². The first-order valence-corrected chi connectivity index (χ1v) is 12.3. The second-order valence-electron chi connectivity index (χ2n) is 10.1. The minimum Gasteiger partial charge on any atom is -0.458 e. The second-order valence-corrected chi connectivity index (χ2v) is 10.9. The van der Waals surface area contributed by atoms with Crippen LogP contribution in [0, 0.1) is 22.7 Å². The summed E-state index contributed by atoms with van der Waals surface area (Å²) in [6, 6.07) is 1.99. The molecule has 5 nitrogen and oxygen atoms in total. The molecule has 0 bridgehead atoms. The largest absolute Gasteiger partial charge is 0.458 e. The molecule has 1 aromatic rings. The molecule has 3 aliphatic rings. The van der Waals surface area contributed by atoms with Crippen LogP contribution in [0.1, 0.15) is 51.5 Å². The normalized spacial score (nSPS) is 36.6. The number of ether oxygens (including phenoxy) is 1. The number of carbonyl (C=O) groups excluding carboxylic acids is 1. The Labute approximate surface area is 189 Å². The molecule has 0 amide bonds. The summed E-state index contributed by atoms with van der Waals surface area (Å²) >= 11 is 1.67. The Morgan fingerprint density at radius 1 is 1.39 bits per heavy atom. The van der Waals surface area contributed by atoms with Crippen molar-refractivity contribution in [2.75, 3.05) is 13.2 Å². The van der Waals surface area contributed by atoms with Gasteiger partial charge in [0.1, 0.15) is 6.61 Å². The number of hydrogen-bond donors (Lipinski definition) is 3. The minimum atomic E-state index is -0.503. The molecule has 170 valence electrons. The number of carbonyl (C=O) groups is 1. The van der Waals surface area contributed by atoms with Gasteiger partial charge in [0.2, 0.25) is 0 Å². The van der Waals surface area contributed by atoms with Crippen LogP contribution in [0.2, 0.25) is 0 Å². The van der Waals surface area contributed by atoms with Gasteiger partial charge < -0.3 is 20.3 Å². The Morgan fingerprint density at radius 3 is 2.84 bits per heavy atom. The van der Waals surface area contributed by atoms with Gasteiger partial charge in [-0.25, -0.2) is 4.79 Å². The van der Waals surface area contributed by atoms with E-state index in [1.807, 2.05) is 13.0 Å². The third-order valence-corrected chi connectivity index (χ3v) is 9.16. The number of esters is 1. The number of allylic oxidation sites excluding steroid dienone is 1. The van der Waals surface area contributed by atoms with E-state index in [0.717, 1.165) is 31.3 Å². The molecule has 1 aromatic heterocycles. The van der Waals surface area contributed by atoms with Crippen molar-refractivity contribution < 1.29 is 19.7 Å². The SMILES string of the molecule is C=C1CCC2[C@](C)(CO)[C@H](O)CC[C@@]2(C)[C@@H]1CC(NCc1ccsc1)C1=CCOC1=O. The van der Waals surface area contributed by atoms with Crippen molar-refractivity contribution in [1.82, 2.24) is 5.32 Å². The van der Waals surface area contributed by atoms with Crippen molar-refractivity contribution in [3.8, 4) is 0 Å². The summed E-state index contributed by atoms with van der Waals surface area (Å²) in [5.74, 6) is 0.190. The Bertz CT molecular complexity index is 850. The van der Waals surface area contributed by atoms with Crippen molar-refractivity contribution >= 4 is 17.3 Å². The van der Waals surface area contributed by atoms with Gasteiger partial charge in [-0.05, 0) is 77.8 Å². The molecule has 0 saturated heterocycles. The summed E-state index contributed by atoms with van der Waals surface area (Å²) in [4.78, 5) is 12.4. The van der Waals surface area contributed by atoms with E-state index in [1.54, 1.807) is 11.3 Å². The molecule has 6 heteroatoms. The first kappa shape index (κ1) is 22.7. The van der Waals surface area contributed by atoms with E-state index < -0.39 is 11.5 Å². The van der Waals surface area contributed by atoms with Gasteiger partial charge in [0.15, 0.2) is 0 Å². The van der Waals surface area contributed by atoms with Gasteiger partial charge in [0, 0.05) is 18.0 Å². The van der Waals surface area contributed by atoms with Crippen molar-refractivity contribution in [1.29, 1.82) is 0 Å². The molecule has 2 unspecified atom stereocenters. The van der Waals surface area contributed by atoms with E-state index >= 15 is 0 Å². The fraction of sp³-hybridized carbons (Fsp3) is 0.640. The summed E-state index contributed by atoms with van der Waals surface area (Å²) in [6.07, 6.45) is 5.62. The molecule has 2 aliphatic carbocycles. The monoisotopic (exact) mass is 445 g/mol. The Kier molecular flexibility index (Phi) is 6.46. The standard InChI is InChI=1S/C25H35NO4S/c1-16-4-5-21-24(2,9-6-22(28)25(21,3)15-27)19(16)12-20(18-7-10-30-23(18)29)26-13-17-8-11-31-14-17/h7-8,11,14,19-22,26-28H,1,4-6,9-10,12-13,15H2,2-3H3/t19-,20?,21?,22-,24+,25+/m1/s1. The van der Waals surface area contributed by atoms with Crippen LogP contribution in [-0.2, 0) is 16.1 Å². The summed E-state index contributed by atoms with van der Waals surface area (Å²) in [5.41, 5.74) is 2.58. The second kappa shape index (κ2) is 8.81. The lowest BCUT2D eigenvalue weighted by Gasteiger charge is -2.60. The molecule has 2 fully saturated rings. The molecule has 0 spiro atoms. The van der Waals surface area contributed by atoms with Gasteiger partial charge >= 0.3 is 5.97 Å². The van der Waals surface area contributed by atoms with Crippen LogP contribution in [0.3, 0.4) is 0 Å². The van der Waals surface area contributed by atoms with E-state index in [9.17, 15) is 15.0 Å². The lowest BCUT2D eigenvalue weighted by molar-refractivity contribution is -0.153. The molecule has 0 radical (unpaired) electrons. The average molecular weight is 446 g/mol. The highest BCUT2D eigenvalue weighted by Gasteiger charge is 2.57. The summed E-state index contributed by atoms with van der Waals surface area (Å²) in [6.45, 7) is 9.82. The Morgan fingerprint density at radius 2 is 2.19 bits per heavy atom. The van der Waals surface area contributed by atoms with Crippen LogP contribution in [0.5, 0.6) is 0 Å². The first-order chi connectivity index (χ1) is 14.8. The number of thiophene rings is 1. The quantitative estimate of drug-likeness (QED) is 0.439. The van der Waals surface area contributed by atoms with Gasteiger partial charge in [0.05, 0.1) is 18.3 Å². The summed E-state index contributed by atoms with van der Waals surface area (Å²) < 4.78 is 5.24. The van der Waals surface area contributed by atoms with Crippen molar-refractivity contribution in [3.05, 3.63) is 46.2 Å². The zero-order chi connectivity index (χ0) is 22.2. The van der Waals surface area contributed by atoms with Gasteiger partial charge in [-0.2, -0.15) is 11.3 Å². The number of nitrogens with one attached hydrogen (secondary N) is 1. The van der Waals surface area contributed by atoms with Crippen LogP contribution in [-0.4, -0.2) is 41.5 Å². The number of fused-ring (bicyclic) bond motifs is 1. The molecular weight excluding hydrogens is 410 g/mol. The van der Waals surface area contributed by atoms with E-state index in [-0.39, 0.29) is 35.9 Å². The van der Waals surface area contributed by atoms with Crippen LogP contribution < -0.4 is 5.32 Å². The molecule has 2 saturated carbocycles. The number of aliphatic hydroxyl groups excluding tert-OH is 2. The molecule has 1 aliphatic heterocycles. The molecule has 31 heavy (non-hydrogen) atoms. The molecular formula is C25H35NO4S. The summed E-state index contributed by atoms with van der Waals surface area (Å²) in [7, 11) is 0. The molecule has 0 aromatic carbocycles. The Balaban J connectivity index is 1.61. The predicted molar refractivity (Wildman–Crippen MR) is 123 cm³/mol. The van der Waals surface area contributed by atoms with E-state index in [4.69, 9.17) is 4.74 Å². The predicted octanol–water partition coefficient (Wildman–Crippen LogP) is 3.82. The fourth-order valence-corrected chi connectivity index (χ4v) is 7.15. The molecule has 6 atom stereocenters. The number of cyclic esters (lactones) is 1. The fourth-order valence-electron chi connectivity index (χ4n) is 6.48. The maximum absolute atomic E-state index is 12.4. The zero-order valence-electron chi connectivity index (χ0n) is 18.6. The third kappa shape index (κ3) is 4.04. The molecule has 2 heterocycles. The van der Waals surface area contributed by atoms with Crippen molar-refractivity contribution in [3.63, 3.8) is 0 Å². The van der Waals surface area contributed by atoms with Crippen LogP contribution in [0.25, 0.3) is 0 Å². The van der Waals surface area contributed by atoms with Gasteiger partial charge in [-0.1, -0.05) is 26.0 Å². The number of aliphatic hydroxyl groups is 2. The van der Waals surface area contributed by atoms with Gasteiger partial charge in [-0.3, -0.25) is 0 Å². The lowest BCUT2D eigenvalue weighted by Crippen LogP contribution is -2.58. The van der Waals surface area contributed by atoms with Crippen LogP contribution in [0.15, 0.2) is 40.6 Å². The van der Waals surface area contributed by atoms with Crippen LogP contribution in [0.4, 0.5) is 0 Å². The van der Waals surface area contributed by atoms with Gasteiger partial charge in [-0.15, -0.1) is 0 Å². The molecule has 3 N–H and O–H groups in total. The van der Waals surface area contributed by atoms with E-state index in [2.05, 4.69) is 35.6 Å². The maximum Gasteiger partial charge on any atom is 0.335 e. The maximum atomic E-state index is 12.4. The molecule has 4 rings (SSSR count). The lowest BCUT2D eigenvalue weighted by atomic mass is 9.46. The van der Waals surface area contributed by atoms with Crippen molar-refractivity contribution in [2.45, 2.75) is 64.6 Å². The Hall–Kier alpha value is -1.47. The number of hydrogen-bond acceptors (Lipinski definition) is 6. The number of rotatable bonds is 7. The zero-order valence-corrected chi connectivity index (χ0v) is 19.4. The minimum absolute atomic E-state index is 0.00900. The highest BCUT2D eigenvalue weighted by Crippen LogP contribution is 2.61. The van der Waals surface area contributed by atoms with Crippen LogP contribution >= 0.6 is 11.3 Å². The van der Waals surface area contributed by atoms with E-state index in [1.165, 1.54) is 11.1 Å². The topological polar surface area (TPSA) is 78.8 Å². The average Bonchev–Trinajstić information content (AvgIpc) is 3.42. The first-order valence-electron chi connectivity index (χ1n) is 11.4. The third-order valence-electron chi connectivity index (χ3n) is 8.43. The summed E-state index contributed by atoms with van der Waals surface area (Å²) in [5, 5.41) is 28.8. The smallest absolute Gasteiger partial charge is 0.335 e. The highest BCUT2D eigenvalue weighted by atomic mass is 32.1. The van der Waals surface area contributed by atoms with Gasteiger partial charge in [0.25, 0.3) is 0 Å².